The molecule has 0 spiro atoms. The fraction of sp³-hybridized carbons (Fsp3) is 1.00. The van der Waals surface area contributed by atoms with Gasteiger partial charge in [0.1, 0.15) is 0 Å². The van der Waals surface area contributed by atoms with Crippen LogP contribution in [0.5, 0.6) is 0 Å². The first-order chi connectivity index (χ1) is 10.7. The van der Waals surface area contributed by atoms with E-state index in [0.717, 1.165) is 0 Å². The highest BCUT2D eigenvalue weighted by Gasteiger charge is 2.28. The van der Waals surface area contributed by atoms with E-state index in [1.165, 1.54) is 21.6 Å². The van der Waals surface area contributed by atoms with E-state index in [1.54, 1.807) is 0 Å². The first-order valence-corrected chi connectivity index (χ1v) is 9.96. The van der Waals surface area contributed by atoms with E-state index in [9.17, 15) is 10.2 Å². The minimum atomic E-state index is -0.477. The number of ether oxygens (including phenoxy) is 4. The molecule has 0 aliphatic heterocycles. The molecule has 134 valence electrons. The fourth-order valence-corrected chi connectivity index (χ4v) is 4.32. The average Bonchev–Trinajstić information content (AvgIpc) is 2.52. The molecule has 6 nitrogen and oxygen atoms in total. The zero-order chi connectivity index (χ0) is 16.8. The van der Waals surface area contributed by atoms with Crippen LogP contribution in [-0.2, 0) is 18.9 Å². The Labute approximate surface area is 141 Å². The van der Waals surface area contributed by atoms with Crippen molar-refractivity contribution in [2.45, 2.75) is 50.8 Å². The molecule has 0 aromatic carbocycles. The van der Waals surface area contributed by atoms with Gasteiger partial charge in [-0.25, -0.2) is 0 Å². The Morgan fingerprint density at radius 1 is 0.636 bits per heavy atom. The lowest BCUT2D eigenvalue weighted by Crippen LogP contribution is -2.34. The smallest absolute Gasteiger partial charge is 0.172 e. The lowest BCUT2D eigenvalue weighted by molar-refractivity contribution is -0.140. The minimum Gasteiger partial charge on any atom is -0.395 e. The van der Waals surface area contributed by atoms with Crippen molar-refractivity contribution in [3.63, 3.8) is 0 Å². The topological polar surface area (TPSA) is 77.4 Å². The SMILES string of the molecule is CCOC(OCC)C(CO)SSC(CO)C(OCC)OCC. The van der Waals surface area contributed by atoms with E-state index in [4.69, 9.17) is 18.9 Å². The predicted octanol–water partition coefficient (Wildman–Crippen LogP) is 1.89. The van der Waals surface area contributed by atoms with Crippen LogP contribution < -0.4 is 0 Å². The first kappa shape index (κ1) is 22.5. The molecule has 0 aromatic rings. The van der Waals surface area contributed by atoms with Gasteiger partial charge in [0, 0.05) is 26.4 Å². The zero-order valence-corrected chi connectivity index (χ0v) is 15.5. The first-order valence-electron chi connectivity index (χ1n) is 7.68. The van der Waals surface area contributed by atoms with Crippen LogP contribution in [0.1, 0.15) is 27.7 Å². The van der Waals surface area contributed by atoms with Gasteiger partial charge in [-0.1, -0.05) is 21.6 Å². The van der Waals surface area contributed by atoms with Crippen molar-refractivity contribution in [3.8, 4) is 0 Å². The maximum absolute atomic E-state index is 9.56. The van der Waals surface area contributed by atoms with Crippen LogP contribution in [0.15, 0.2) is 0 Å². The Hall–Kier alpha value is 0.460. The molecule has 0 fully saturated rings. The van der Waals surface area contributed by atoms with Gasteiger partial charge in [-0.3, -0.25) is 0 Å². The molecule has 2 atom stereocenters. The summed E-state index contributed by atoms with van der Waals surface area (Å²) in [5, 5.41) is 18.6. The molecule has 2 unspecified atom stereocenters. The summed E-state index contributed by atoms with van der Waals surface area (Å²) in [6.45, 7) is 9.43. The third kappa shape index (κ3) is 8.93. The molecular formula is C14H30O6S2. The second-order valence-corrected chi connectivity index (χ2v) is 6.94. The molecule has 0 rings (SSSR count). The summed E-state index contributed by atoms with van der Waals surface area (Å²) in [6, 6.07) is 0. The van der Waals surface area contributed by atoms with Crippen LogP contribution in [0.2, 0.25) is 0 Å². The van der Waals surface area contributed by atoms with Gasteiger partial charge in [-0.15, -0.1) is 0 Å². The Kier molecular flexibility index (Phi) is 15.3. The van der Waals surface area contributed by atoms with Crippen LogP contribution in [0.3, 0.4) is 0 Å². The number of aliphatic hydroxyl groups excluding tert-OH is 2. The summed E-state index contributed by atoms with van der Waals surface area (Å²) < 4.78 is 22.1. The van der Waals surface area contributed by atoms with E-state index < -0.39 is 12.6 Å². The van der Waals surface area contributed by atoms with Gasteiger partial charge in [0.15, 0.2) is 12.6 Å². The molecule has 0 amide bonds. The van der Waals surface area contributed by atoms with E-state index in [1.807, 2.05) is 27.7 Å². The summed E-state index contributed by atoms with van der Waals surface area (Å²) in [6.07, 6.45) is -0.955. The Morgan fingerprint density at radius 2 is 0.909 bits per heavy atom. The van der Waals surface area contributed by atoms with Gasteiger partial charge in [0.05, 0.1) is 23.7 Å². The van der Waals surface area contributed by atoms with Crippen LogP contribution in [0.25, 0.3) is 0 Å². The number of aliphatic hydroxyl groups is 2. The summed E-state index contributed by atoms with van der Waals surface area (Å²) in [5.41, 5.74) is 0. The largest absolute Gasteiger partial charge is 0.395 e. The second-order valence-electron chi connectivity index (χ2n) is 4.19. The third-order valence-corrected chi connectivity index (χ3v) is 5.76. The molecule has 0 saturated carbocycles. The van der Waals surface area contributed by atoms with Crippen molar-refractivity contribution in [3.05, 3.63) is 0 Å². The minimum absolute atomic E-state index is 0.0750. The zero-order valence-electron chi connectivity index (χ0n) is 13.9. The van der Waals surface area contributed by atoms with Gasteiger partial charge >= 0.3 is 0 Å². The Bertz CT molecular complexity index is 211. The molecule has 0 aliphatic rings. The maximum Gasteiger partial charge on any atom is 0.172 e. The monoisotopic (exact) mass is 358 g/mol. The van der Waals surface area contributed by atoms with Gasteiger partial charge in [-0.05, 0) is 27.7 Å². The molecule has 0 aliphatic carbocycles. The standard InChI is InChI=1S/C14H30O6S2/c1-5-17-13(18-6-2)11(9-15)21-22-12(10-16)14(19-7-3)20-8-4/h11-16H,5-10H2,1-4H3. The Balaban J connectivity index is 4.57. The second kappa shape index (κ2) is 15.0. The summed E-state index contributed by atoms with van der Waals surface area (Å²) in [4.78, 5) is 0. The lowest BCUT2D eigenvalue weighted by atomic mass is 10.4. The average molecular weight is 359 g/mol. The summed E-state index contributed by atoms with van der Waals surface area (Å²) in [5.74, 6) is 0. The highest BCUT2D eigenvalue weighted by atomic mass is 33.1. The molecule has 0 bridgehead atoms. The van der Waals surface area contributed by atoms with Crippen molar-refractivity contribution in [2.24, 2.45) is 0 Å². The van der Waals surface area contributed by atoms with E-state index in [-0.39, 0.29) is 23.7 Å². The lowest BCUT2D eigenvalue weighted by Gasteiger charge is -2.28. The highest BCUT2D eigenvalue weighted by molar-refractivity contribution is 8.77. The molecule has 0 saturated heterocycles. The maximum atomic E-state index is 9.56. The van der Waals surface area contributed by atoms with E-state index in [2.05, 4.69) is 0 Å². The molecule has 0 radical (unpaired) electrons. The van der Waals surface area contributed by atoms with Gasteiger partial charge in [-0.2, -0.15) is 0 Å². The van der Waals surface area contributed by atoms with Gasteiger partial charge in [0.25, 0.3) is 0 Å². The predicted molar refractivity (Wildman–Crippen MR) is 91.0 cm³/mol. The highest BCUT2D eigenvalue weighted by Crippen LogP contribution is 2.36. The van der Waals surface area contributed by atoms with Crippen LogP contribution in [0.4, 0.5) is 0 Å². The number of rotatable bonds is 15. The Morgan fingerprint density at radius 3 is 1.09 bits per heavy atom. The quantitative estimate of drug-likeness (QED) is 0.339. The van der Waals surface area contributed by atoms with Gasteiger partial charge in [0.2, 0.25) is 0 Å². The van der Waals surface area contributed by atoms with Crippen molar-refractivity contribution in [1.29, 1.82) is 0 Å². The van der Waals surface area contributed by atoms with Crippen molar-refractivity contribution >= 4 is 21.6 Å². The van der Waals surface area contributed by atoms with Crippen LogP contribution >= 0.6 is 21.6 Å². The number of hydrogen-bond donors (Lipinski definition) is 2. The molecule has 2 N–H and O–H groups in total. The van der Waals surface area contributed by atoms with E-state index in [0.29, 0.717) is 26.4 Å². The summed E-state index contributed by atoms with van der Waals surface area (Å²) in [7, 11) is 2.84. The third-order valence-electron chi connectivity index (χ3n) is 2.59. The fourth-order valence-electron chi connectivity index (χ4n) is 1.65. The van der Waals surface area contributed by atoms with Gasteiger partial charge < -0.3 is 29.2 Å². The van der Waals surface area contributed by atoms with Crippen molar-refractivity contribution < 1.29 is 29.2 Å². The molecule has 0 heterocycles. The van der Waals surface area contributed by atoms with Crippen LogP contribution in [0, 0.1) is 0 Å². The molecule has 0 aromatic heterocycles. The van der Waals surface area contributed by atoms with Crippen molar-refractivity contribution in [2.75, 3.05) is 39.6 Å². The van der Waals surface area contributed by atoms with Crippen molar-refractivity contribution in [1.82, 2.24) is 0 Å². The van der Waals surface area contributed by atoms with E-state index >= 15 is 0 Å². The van der Waals surface area contributed by atoms with Crippen LogP contribution in [-0.4, -0.2) is 72.9 Å². The normalized spacial score (nSPS) is 14.7. The molecule has 22 heavy (non-hydrogen) atoms. The molecule has 8 heteroatoms. The summed E-state index contributed by atoms with van der Waals surface area (Å²) >= 11 is 0. The molecular weight excluding hydrogens is 328 g/mol. The number of hydrogen-bond acceptors (Lipinski definition) is 8.